The molecule has 0 aromatic carbocycles. The summed E-state index contributed by atoms with van der Waals surface area (Å²) in [4.78, 5) is 10.8. The zero-order chi connectivity index (χ0) is 20.5. The first-order chi connectivity index (χ1) is 13.7. The zero-order valence-electron chi connectivity index (χ0n) is 18.7. The van der Waals surface area contributed by atoms with E-state index in [4.69, 9.17) is 0 Å². The van der Waals surface area contributed by atoms with Crippen LogP contribution in [0.25, 0.3) is 0 Å². The van der Waals surface area contributed by atoms with Crippen molar-refractivity contribution in [2.75, 3.05) is 127 Å². The molecule has 0 amide bonds. The molecule has 0 radical (unpaired) electrons. The third kappa shape index (κ3) is 13.5. The Kier molecular flexibility index (Phi) is 18.5. The van der Waals surface area contributed by atoms with Crippen LogP contribution < -0.4 is 0 Å². The fraction of sp³-hybridized carbons (Fsp3) is 1.00. The van der Waals surface area contributed by atoms with Crippen LogP contribution in [0.15, 0.2) is 0 Å². The molecule has 28 heavy (non-hydrogen) atoms. The van der Waals surface area contributed by atoms with E-state index in [0.717, 1.165) is 0 Å². The molecule has 1 heterocycles. The average molecular weight is 469 g/mol. The SMILES string of the molecule is CSCCN1CCN(CCSC)CCN(CCSC)CCN(CCSC)CC1. The van der Waals surface area contributed by atoms with Crippen molar-refractivity contribution in [3.8, 4) is 0 Å². The van der Waals surface area contributed by atoms with E-state index in [-0.39, 0.29) is 0 Å². The molecule has 0 aliphatic carbocycles. The van der Waals surface area contributed by atoms with Gasteiger partial charge in [-0.3, -0.25) is 19.6 Å². The molecule has 0 N–H and O–H groups in total. The van der Waals surface area contributed by atoms with Crippen LogP contribution in [0.2, 0.25) is 0 Å². The lowest BCUT2D eigenvalue weighted by Gasteiger charge is -2.34. The van der Waals surface area contributed by atoms with Crippen molar-refractivity contribution in [2.24, 2.45) is 0 Å². The third-order valence-corrected chi connectivity index (χ3v) is 7.74. The van der Waals surface area contributed by atoms with Crippen molar-refractivity contribution in [3.63, 3.8) is 0 Å². The van der Waals surface area contributed by atoms with Crippen LogP contribution in [-0.4, -0.2) is 146 Å². The van der Waals surface area contributed by atoms with Gasteiger partial charge < -0.3 is 0 Å². The monoisotopic (exact) mass is 468 g/mol. The minimum atomic E-state index is 1.22. The van der Waals surface area contributed by atoms with Crippen LogP contribution in [0.1, 0.15) is 0 Å². The maximum Gasteiger partial charge on any atom is 0.0110 e. The molecular formula is C20H44N4S4. The molecule has 1 fully saturated rings. The fourth-order valence-corrected chi connectivity index (χ4v) is 5.12. The van der Waals surface area contributed by atoms with E-state index in [2.05, 4.69) is 44.6 Å². The summed E-state index contributed by atoms with van der Waals surface area (Å²) >= 11 is 7.91. The topological polar surface area (TPSA) is 13.0 Å². The second-order valence-electron chi connectivity index (χ2n) is 7.34. The molecule has 0 saturated carbocycles. The van der Waals surface area contributed by atoms with Crippen LogP contribution >= 0.6 is 47.0 Å². The Hall–Kier alpha value is 1.24. The first kappa shape index (κ1) is 27.3. The number of rotatable bonds is 12. The lowest BCUT2D eigenvalue weighted by atomic mass is 10.3. The predicted molar refractivity (Wildman–Crippen MR) is 139 cm³/mol. The Morgan fingerprint density at radius 3 is 0.714 bits per heavy atom. The molecule has 168 valence electrons. The maximum atomic E-state index is 2.71. The Balaban J connectivity index is 2.73. The minimum absolute atomic E-state index is 1.22. The summed E-state index contributed by atoms with van der Waals surface area (Å²) in [6.45, 7) is 14.7. The highest BCUT2D eigenvalue weighted by Gasteiger charge is 2.16. The van der Waals surface area contributed by atoms with Crippen LogP contribution in [0.3, 0.4) is 0 Å². The summed E-state index contributed by atoms with van der Waals surface area (Å²) in [6, 6.07) is 0. The highest BCUT2D eigenvalue weighted by atomic mass is 32.2. The highest BCUT2D eigenvalue weighted by molar-refractivity contribution is 7.99. The zero-order valence-corrected chi connectivity index (χ0v) is 22.0. The van der Waals surface area contributed by atoms with E-state index in [1.54, 1.807) is 0 Å². The van der Waals surface area contributed by atoms with E-state index < -0.39 is 0 Å². The Bertz CT molecular complexity index is 272. The molecule has 1 aliphatic rings. The van der Waals surface area contributed by atoms with Gasteiger partial charge in [0.2, 0.25) is 0 Å². The lowest BCUT2D eigenvalue weighted by molar-refractivity contribution is 0.144. The average Bonchev–Trinajstić information content (AvgIpc) is 2.71. The van der Waals surface area contributed by atoms with Crippen molar-refractivity contribution < 1.29 is 0 Å². The van der Waals surface area contributed by atoms with Crippen molar-refractivity contribution in [1.29, 1.82) is 0 Å². The molecule has 0 aromatic heterocycles. The Morgan fingerprint density at radius 1 is 0.393 bits per heavy atom. The van der Waals surface area contributed by atoms with E-state index in [1.165, 1.54) is 102 Å². The van der Waals surface area contributed by atoms with Gasteiger partial charge in [0.25, 0.3) is 0 Å². The summed E-state index contributed by atoms with van der Waals surface area (Å²) in [5, 5.41) is 0. The normalized spacial score (nSPS) is 20.1. The van der Waals surface area contributed by atoms with Crippen molar-refractivity contribution in [1.82, 2.24) is 19.6 Å². The Morgan fingerprint density at radius 2 is 0.571 bits per heavy atom. The Labute approximate surface area is 192 Å². The molecule has 0 spiro atoms. The van der Waals surface area contributed by atoms with Gasteiger partial charge in [0.15, 0.2) is 0 Å². The standard InChI is InChI=1S/C20H44N4S4/c1-25-17-13-21-5-7-22(14-18-26-2)9-11-24(16-20-28-4)12-10-23(8-6-21)15-19-27-3/h5-20H2,1-4H3. The summed E-state index contributed by atoms with van der Waals surface area (Å²) < 4.78 is 0. The minimum Gasteiger partial charge on any atom is -0.300 e. The molecule has 0 aromatic rings. The van der Waals surface area contributed by atoms with Crippen LogP contribution in [0.4, 0.5) is 0 Å². The maximum absolute atomic E-state index is 2.71. The van der Waals surface area contributed by atoms with Crippen LogP contribution in [0.5, 0.6) is 0 Å². The summed E-state index contributed by atoms with van der Waals surface area (Å²) in [5.41, 5.74) is 0. The highest BCUT2D eigenvalue weighted by Crippen LogP contribution is 2.05. The quantitative estimate of drug-likeness (QED) is 0.428. The fourth-order valence-electron chi connectivity index (χ4n) is 3.35. The van der Waals surface area contributed by atoms with Crippen molar-refractivity contribution in [2.45, 2.75) is 0 Å². The molecule has 1 saturated heterocycles. The molecule has 0 bridgehead atoms. The van der Waals surface area contributed by atoms with Crippen LogP contribution in [0, 0.1) is 0 Å². The first-order valence-corrected chi connectivity index (χ1v) is 16.2. The van der Waals surface area contributed by atoms with E-state index in [9.17, 15) is 0 Å². The summed E-state index contributed by atoms with van der Waals surface area (Å²) in [7, 11) is 0. The predicted octanol–water partition coefficient (Wildman–Crippen LogP) is 2.66. The molecule has 0 unspecified atom stereocenters. The molecule has 8 heteroatoms. The summed E-state index contributed by atoms with van der Waals surface area (Å²) in [6.07, 6.45) is 8.93. The first-order valence-electron chi connectivity index (χ1n) is 10.6. The number of thioether (sulfide) groups is 4. The van der Waals surface area contributed by atoms with Gasteiger partial charge >= 0.3 is 0 Å². The van der Waals surface area contributed by atoms with Gasteiger partial charge in [0.05, 0.1) is 0 Å². The lowest BCUT2D eigenvalue weighted by Crippen LogP contribution is -2.47. The van der Waals surface area contributed by atoms with Gasteiger partial charge in [-0.05, 0) is 25.0 Å². The number of nitrogens with zero attached hydrogens (tertiary/aromatic N) is 4. The molecule has 4 nitrogen and oxygen atoms in total. The largest absolute Gasteiger partial charge is 0.300 e. The van der Waals surface area contributed by atoms with Gasteiger partial charge in [-0.15, -0.1) is 0 Å². The number of hydrogen-bond acceptors (Lipinski definition) is 8. The molecule has 0 atom stereocenters. The second-order valence-corrected chi connectivity index (χ2v) is 11.3. The van der Waals surface area contributed by atoms with Gasteiger partial charge in [-0.1, -0.05) is 0 Å². The smallest absolute Gasteiger partial charge is 0.0110 e. The van der Waals surface area contributed by atoms with Crippen molar-refractivity contribution in [3.05, 3.63) is 0 Å². The summed E-state index contributed by atoms with van der Waals surface area (Å²) in [5.74, 6) is 4.99. The van der Waals surface area contributed by atoms with Gasteiger partial charge in [-0.25, -0.2) is 0 Å². The van der Waals surface area contributed by atoms with Gasteiger partial charge in [-0.2, -0.15) is 47.0 Å². The van der Waals surface area contributed by atoms with Crippen molar-refractivity contribution >= 4 is 47.0 Å². The molecule has 1 aliphatic heterocycles. The van der Waals surface area contributed by atoms with Crippen LogP contribution in [-0.2, 0) is 0 Å². The van der Waals surface area contributed by atoms with Gasteiger partial charge in [0.1, 0.15) is 0 Å². The van der Waals surface area contributed by atoms with E-state index in [0.29, 0.717) is 0 Å². The second kappa shape index (κ2) is 19.0. The van der Waals surface area contributed by atoms with E-state index in [1.807, 2.05) is 47.0 Å². The molecular weight excluding hydrogens is 425 g/mol. The van der Waals surface area contributed by atoms with E-state index >= 15 is 0 Å². The number of hydrogen-bond donors (Lipinski definition) is 0. The molecule has 1 rings (SSSR count). The third-order valence-electron chi connectivity index (χ3n) is 5.38. The van der Waals surface area contributed by atoms with Gasteiger partial charge in [0, 0.05) is 102 Å².